The van der Waals surface area contributed by atoms with Gasteiger partial charge in [0.25, 0.3) is 0 Å². The topological polar surface area (TPSA) is 58.6 Å². The van der Waals surface area contributed by atoms with Crippen molar-refractivity contribution in [2.75, 3.05) is 32.8 Å². The highest BCUT2D eigenvalue weighted by atomic mass is 32.2. The molecule has 0 radical (unpaired) electrons. The lowest BCUT2D eigenvalue weighted by molar-refractivity contribution is 0.0179. The average Bonchev–Trinajstić information content (AvgIpc) is 3.12. The van der Waals surface area contributed by atoms with Gasteiger partial charge in [0.15, 0.2) is 0 Å². The quantitative estimate of drug-likeness (QED) is 0.837. The third kappa shape index (κ3) is 4.48. The minimum absolute atomic E-state index is 0.0326. The molecule has 0 aliphatic carbocycles. The molecule has 1 N–H and O–H groups in total. The van der Waals surface area contributed by atoms with Gasteiger partial charge in [-0.05, 0) is 48.6 Å². The van der Waals surface area contributed by atoms with E-state index in [0.717, 1.165) is 24.2 Å². The van der Waals surface area contributed by atoms with Crippen LogP contribution in [0.3, 0.4) is 0 Å². The van der Waals surface area contributed by atoms with E-state index in [1.165, 1.54) is 4.88 Å². The van der Waals surface area contributed by atoms with E-state index in [4.69, 9.17) is 4.74 Å². The molecule has 0 unspecified atom stereocenters. The number of hydrogen-bond acceptors (Lipinski definition) is 5. The van der Waals surface area contributed by atoms with Crippen molar-refractivity contribution >= 4 is 21.4 Å². The molecule has 2 heterocycles. The molecule has 2 aromatic rings. The Bertz CT molecular complexity index is 798. The number of ether oxygens (including phenoxy) is 1. The van der Waals surface area contributed by atoms with Gasteiger partial charge in [0.2, 0.25) is 10.0 Å². The number of benzene rings is 1. The van der Waals surface area contributed by atoms with E-state index in [1.54, 1.807) is 23.5 Å². The van der Waals surface area contributed by atoms with Gasteiger partial charge in [0, 0.05) is 24.5 Å². The third-order valence-corrected chi connectivity index (χ3v) is 7.01. The number of aryl methyl sites for hydroxylation is 2. The first-order valence-electron chi connectivity index (χ1n) is 8.39. The molecule has 136 valence electrons. The van der Waals surface area contributed by atoms with Gasteiger partial charge in [0.05, 0.1) is 24.2 Å². The predicted molar refractivity (Wildman–Crippen MR) is 101 cm³/mol. The van der Waals surface area contributed by atoms with Crippen LogP contribution in [0.4, 0.5) is 0 Å². The summed E-state index contributed by atoms with van der Waals surface area (Å²) in [5, 5.41) is 2.03. The van der Waals surface area contributed by atoms with Crippen LogP contribution in [0.15, 0.2) is 40.6 Å². The van der Waals surface area contributed by atoms with Gasteiger partial charge in [-0.1, -0.05) is 12.1 Å². The first-order valence-corrected chi connectivity index (χ1v) is 10.8. The molecular weight excluding hydrogens is 356 g/mol. The maximum Gasteiger partial charge on any atom is 0.240 e. The largest absolute Gasteiger partial charge is 0.379 e. The number of morpholine rings is 1. The summed E-state index contributed by atoms with van der Waals surface area (Å²) < 4.78 is 33.6. The van der Waals surface area contributed by atoms with Crippen molar-refractivity contribution in [2.45, 2.75) is 24.8 Å². The molecule has 1 fully saturated rings. The standard InChI is InChI=1S/C18H24N2O3S2/c1-14-5-6-16(12-15(14)2)25(21,22)19-13-17(18-4-3-11-24-18)20-7-9-23-10-8-20/h3-6,11-12,17,19H,7-10,13H2,1-2H3/t17-/m1/s1. The number of hydrogen-bond donors (Lipinski definition) is 1. The number of nitrogens with one attached hydrogen (secondary N) is 1. The first kappa shape index (κ1) is 18.5. The van der Waals surface area contributed by atoms with E-state index in [1.807, 2.05) is 31.4 Å². The Labute approximate surface area is 153 Å². The molecule has 1 saturated heterocycles. The van der Waals surface area contributed by atoms with Crippen LogP contribution in [-0.2, 0) is 14.8 Å². The average molecular weight is 381 g/mol. The molecule has 0 saturated carbocycles. The van der Waals surface area contributed by atoms with E-state index in [0.29, 0.717) is 24.7 Å². The second kappa shape index (κ2) is 7.97. The van der Waals surface area contributed by atoms with Crippen LogP contribution in [-0.4, -0.2) is 46.2 Å². The summed E-state index contributed by atoms with van der Waals surface area (Å²) in [7, 11) is -3.53. The molecule has 1 aliphatic rings. The zero-order valence-electron chi connectivity index (χ0n) is 14.6. The molecule has 1 aromatic carbocycles. The Balaban J connectivity index is 1.76. The summed E-state index contributed by atoms with van der Waals surface area (Å²) in [5.41, 5.74) is 2.06. The molecule has 25 heavy (non-hydrogen) atoms. The Kier molecular flexibility index (Phi) is 5.91. The zero-order valence-corrected chi connectivity index (χ0v) is 16.2. The lowest BCUT2D eigenvalue weighted by Gasteiger charge is -2.34. The molecule has 1 aromatic heterocycles. The van der Waals surface area contributed by atoms with Crippen LogP contribution >= 0.6 is 11.3 Å². The van der Waals surface area contributed by atoms with Gasteiger partial charge >= 0.3 is 0 Å². The second-order valence-corrected chi connectivity index (χ2v) is 9.02. The molecule has 7 heteroatoms. The monoisotopic (exact) mass is 380 g/mol. The highest BCUT2D eigenvalue weighted by Gasteiger charge is 2.25. The highest BCUT2D eigenvalue weighted by Crippen LogP contribution is 2.26. The number of nitrogens with zero attached hydrogens (tertiary/aromatic N) is 1. The van der Waals surface area contributed by atoms with Crippen LogP contribution in [0.2, 0.25) is 0 Å². The number of sulfonamides is 1. The van der Waals surface area contributed by atoms with Crippen molar-refractivity contribution in [3.05, 3.63) is 51.7 Å². The van der Waals surface area contributed by atoms with Crippen LogP contribution < -0.4 is 4.72 Å². The lowest BCUT2D eigenvalue weighted by atomic mass is 10.1. The van der Waals surface area contributed by atoms with E-state index in [2.05, 4.69) is 15.7 Å². The SMILES string of the molecule is Cc1ccc(S(=O)(=O)NC[C@H](c2cccs2)N2CCOCC2)cc1C. The highest BCUT2D eigenvalue weighted by molar-refractivity contribution is 7.89. The molecule has 3 rings (SSSR count). The van der Waals surface area contributed by atoms with Crippen molar-refractivity contribution in [3.63, 3.8) is 0 Å². The summed E-state index contributed by atoms with van der Waals surface area (Å²) >= 11 is 1.66. The van der Waals surface area contributed by atoms with E-state index in [-0.39, 0.29) is 6.04 Å². The lowest BCUT2D eigenvalue weighted by Crippen LogP contribution is -2.43. The van der Waals surface area contributed by atoms with E-state index in [9.17, 15) is 8.42 Å². The van der Waals surface area contributed by atoms with Crippen molar-refractivity contribution < 1.29 is 13.2 Å². The zero-order chi connectivity index (χ0) is 17.9. The summed E-state index contributed by atoms with van der Waals surface area (Å²) in [6.07, 6.45) is 0. The minimum atomic E-state index is -3.53. The Morgan fingerprint density at radius 1 is 1.20 bits per heavy atom. The van der Waals surface area contributed by atoms with Gasteiger partial charge in [-0.2, -0.15) is 0 Å². The molecule has 0 bridgehead atoms. The first-order chi connectivity index (χ1) is 12.0. The Hall–Kier alpha value is -1.25. The third-order valence-electron chi connectivity index (χ3n) is 4.61. The van der Waals surface area contributed by atoms with Gasteiger partial charge in [-0.25, -0.2) is 13.1 Å². The van der Waals surface area contributed by atoms with Crippen LogP contribution in [0.1, 0.15) is 22.0 Å². The molecule has 1 aliphatic heterocycles. The Morgan fingerprint density at radius 2 is 1.96 bits per heavy atom. The van der Waals surface area contributed by atoms with E-state index >= 15 is 0 Å². The fourth-order valence-electron chi connectivity index (χ4n) is 2.93. The smallest absolute Gasteiger partial charge is 0.240 e. The van der Waals surface area contributed by atoms with E-state index < -0.39 is 10.0 Å². The van der Waals surface area contributed by atoms with Crippen molar-refractivity contribution in [1.82, 2.24) is 9.62 Å². The van der Waals surface area contributed by atoms with Crippen molar-refractivity contribution in [2.24, 2.45) is 0 Å². The van der Waals surface area contributed by atoms with Crippen LogP contribution in [0, 0.1) is 13.8 Å². The van der Waals surface area contributed by atoms with Gasteiger partial charge in [-0.15, -0.1) is 11.3 Å². The molecule has 0 spiro atoms. The van der Waals surface area contributed by atoms with Gasteiger partial charge in [0.1, 0.15) is 0 Å². The molecule has 5 nitrogen and oxygen atoms in total. The fraction of sp³-hybridized carbons (Fsp3) is 0.444. The minimum Gasteiger partial charge on any atom is -0.379 e. The van der Waals surface area contributed by atoms with Crippen molar-refractivity contribution in [1.29, 1.82) is 0 Å². The summed E-state index contributed by atoms with van der Waals surface area (Å²) in [5.74, 6) is 0. The van der Waals surface area contributed by atoms with Gasteiger partial charge < -0.3 is 4.74 Å². The van der Waals surface area contributed by atoms with Crippen LogP contribution in [0.5, 0.6) is 0 Å². The molecule has 1 atom stereocenters. The predicted octanol–water partition coefficient (Wildman–Crippen LogP) is 2.72. The normalized spacial score (nSPS) is 17.5. The van der Waals surface area contributed by atoms with Crippen LogP contribution in [0.25, 0.3) is 0 Å². The van der Waals surface area contributed by atoms with Gasteiger partial charge in [-0.3, -0.25) is 4.90 Å². The number of rotatable bonds is 6. The Morgan fingerprint density at radius 3 is 2.60 bits per heavy atom. The summed E-state index contributed by atoms with van der Waals surface area (Å²) in [6.45, 7) is 7.26. The number of thiophene rings is 1. The molecule has 0 amide bonds. The molecular formula is C18H24N2O3S2. The maximum absolute atomic E-state index is 12.7. The summed E-state index contributed by atoms with van der Waals surface area (Å²) in [6, 6.07) is 9.35. The fourth-order valence-corrected chi connectivity index (χ4v) is 4.92. The summed E-state index contributed by atoms with van der Waals surface area (Å²) in [4.78, 5) is 3.78. The second-order valence-electron chi connectivity index (χ2n) is 6.28. The van der Waals surface area contributed by atoms with Crippen molar-refractivity contribution in [3.8, 4) is 0 Å². The maximum atomic E-state index is 12.7.